The zero-order valence-electron chi connectivity index (χ0n) is 15.1. The Morgan fingerprint density at radius 3 is 2.58 bits per heavy atom. The van der Waals surface area contributed by atoms with Gasteiger partial charge in [-0.3, -0.25) is 10.1 Å². The van der Waals surface area contributed by atoms with Crippen molar-refractivity contribution in [1.82, 2.24) is 9.97 Å². The van der Waals surface area contributed by atoms with E-state index in [9.17, 15) is 14.9 Å². The summed E-state index contributed by atoms with van der Waals surface area (Å²) in [5.74, 6) is -0.331. The molecule has 1 heterocycles. The van der Waals surface area contributed by atoms with Crippen LogP contribution in [0.25, 0.3) is 0 Å². The van der Waals surface area contributed by atoms with Crippen molar-refractivity contribution in [2.75, 3.05) is 17.2 Å². The van der Waals surface area contributed by atoms with Gasteiger partial charge in [0.15, 0.2) is 0 Å². The molecule has 1 aromatic carbocycles. The Bertz CT molecular complexity index is 817. The smallest absolute Gasteiger partial charge is 0.353 e. The van der Waals surface area contributed by atoms with Crippen LogP contribution in [-0.2, 0) is 4.74 Å². The molecule has 138 valence electrons. The molecule has 0 fully saturated rings. The highest BCUT2D eigenvalue weighted by Gasteiger charge is 2.26. The van der Waals surface area contributed by atoms with Crippen molar-refractivity contribution < 1.29 is 14.5 Å². The normalized spacial score (nSPS) is 10.9. The molecule has 9 nitrogen and oxygen atoms in total. The third-order valence-corrected chi connectivity index (χ3v) is 3.13. The Labute approximate surface area is 151 Å². The lowest BCUT2D eigenvalue weighted by molar-refractivity contribution is -0.383. The summed E-state index contributed by atoms with van der Waals surface area (Å²) in [6, 6.07) is 6.46. The zero-order chi connectivity index (χ0) is 19.3. The van der Waals surface area contributed by atoms with E-state index in [1.165, 1.54) is 6.33 Å². The fraction of sp³-hybridized carbons (Fsp3) is 0.353. The summed E-state index contributed by atoms with van der Waals surface area (Å²) in [4.78, 5) is 30.8. The van der Waals surface area contributed by atoms with Gasteiger partial charge in [0.1, 0.15) is 6.33 Å². The predicted octanol–water partition coefficient (Wildman–Crippen LogP) is 3.52. The van der Waals surface area contributed by atoms with Crippen LogP contribution in [-0.4, -0.2) is 33.0 Å². The quantitative estimate of drug-likeness (QED) is 0.457. The van der Waals surface area contributed by atoms with Crippen molar-refractivity contribution in [2.45, 2.75) is 33.2 Å². The molecule has 0 saturated carbocycles. The summed E-state index contributed by atoms with van der Waals surface area (Å²) in [6.07, 6.45) is 1.23. The Balaban J connectivity index is 2.38. The summed E-state index contributed by atoms with van der Waals surface area (Å²) >= 11 is 0. The third kappa shape index (κ3) is 4.88. The van der Waals surface area contributed by atoms with Crippen LogP contribution in [0.4, 0.5) is 23.0 Å². The molecule has 0 bridgehead atoms. The SMILES string of the molecule is CCOC(=O)c1cccc(Nc2ncnc(NC(C)(C)C)c2[N+](=O)[O-])c1. The van der Waals surface area contributed by atoms with Gasteiger partial charge in [0, 0.05) is 11.2 Å². The topological polar surface area (TPSA) is 119 Å². The van der Waals surface area contributed by atoms with Crippen molar-refractivity contribution in [3.8, 4) is 0 Å². The van der Waals surface area contributed by atoms with Gasteiger partial charge in [0.2, 0.25) is 11.6 Å². The molecular weight excluding hydrogens is 338 g/mol. The summed E-state index contributed by atoms with van der Waals surface area (Å²) < 4.78 is 4.96. The molecule has 2 aromatic rings. The first-order chi connectivity index (χ1) is 12.2. The summed E-state index contributed by atoms with van der Waals surface area (Å²) in [6.45, 7) is 7.59. The fourth-order valence-corrected chi connectivity index (χ4v) is 2.16. The summed E-state index contributed by atoms with van der Waals surface area (Å²) in [5, 5.41) is 17.4. The van der Waals surface area contributed by atoms with E-state index in [1.807, 2.05) is 20.8 Å². The maximum atomic E-state index is 11.8. The van der Waals surface area contributed by atoms with Crippen LogP contribution >= 0.6 is 0 Å². The fourth-order valence-electron chi connectivity index (χ4n) is 2.16. The number of nitrogens with zero attached hydrogens (tertiary/aromatic N) is 3. The Morgan fingerprint density at radius 2 is 1.96 bits per heavy atom. The number of benzene rings is 1. The van der Waals surface area contributed by atoms with Gasteiger partial charge in [-0.2, -0.15) is 0 Å². The van der Waals surface area contributed by atoms with Crippen LogP contribution in [0, 0.1) is 10.1 Å². The van der Waals surface area contributed by atoms with Gasteiger partial charge < -0.3 is 15.4 Å². The van der Waals surface area contributed by atoms with Gasteiger partial charge in [0.25, 0.3) is 0 Å². The lowest BCUT2D eigenvalue weighted by atomic mass is 10.1. The number of anilines is 3. The molecule has 26 heavy (non-hydrogen) atoms. The van der Waals surface area contributed by atoms with Crippen molar-refractivity contribution in [1.29, 1.82) is 0 Å². The van der Waals surface area contributed by atoms with Gasteiger partial charge in [-0.15, -0.1) is 0 Å². The average molecular weight is 359 g/mol. The average Bonchev–Trinajstić information content (AvgIpc) is 2.53. The van der Waals surface area contributed by atoms with E-state index in [4.69, 9.17) is 4.74 Å². The number of rotatable bonds is 6. The number of carbonyl (C=O) groups excluding carboxylic acids is 1. The molecule has 2 N–H and O–H groups in total. The predicted molar refractivity (Wildman–Crippen MR) is 97.7 cm³/mol. The van der Waals surface area contributed by atoms with E-state index in [2.05, 4.69) is 20.6 Å². The minimum absolute atomic E-state index is 0.0257. The van der Waals surface area contributed by atoms with Crippen LogP contribution in [0.3, 0.4) is 0 Å². The Kier molecular flexibility index (Phi) is 5.71. The maximum absolute atomic E-state index is 11.8. The van der Waals surface area contributed by atoms with Gasteiger partial charge in [-0.25, -0.2) is 14.8 Å². The number of esters is 1. The molecule has 0 aliphatic carbocycles. The van der Waals surface area contributed by atoms with E-state index in [0.29, 0.717) is 11.3 Å². The first kappa shape index (κ1) is 19.1. The monoisotopic (exact) mass is 359 g/mol. The van der Waals surface area contributed by atoms with Gasteiger partial charge in [-0.1, -0.05) is 6.07 Å². The first-order valence-electron chi connectivity index (χ1n) is 8.03. The van der Waals surface area contributed by atoms with Gasteiger partial charge >= 0.3 is 11.7 Å². The Morgan fingerprint density at radius 1 is 1.27 bits per heavy atom. The van der Waals surface area contributed by atoms with Crippen LogP contribution < -0.4 is 10.6 Å². The molecule has 2 rings (SSSR count). The second-order valence-electron chi connectivity index (χ2n) is 6.48. The van der Waals surface area contributed by atoms with Crippen molar-refractivity contribution in [3.05, 3.63) is 46.3 Å². The minimum Gasteiger partial charge on any atom is -0.462 e. The van der Waals surface area contributed by atoms with Crippen LogP contribution in [0.2, 0.25) is 0 Å². The van der Waals surface area contributed by atoms with E-state index in [0.717, 1.165) is 0 Å². The van der Waals surface area contributed by atoms with Crippen LogP contribution in [0.15, 0.2) is 30.6 Å². The number of carbonyl (C=O) groups is 1. The van der Waals surface area contributed by atoms with E-state index >= 15 is 0 Å². The van der Waals surface area contributed by atoms with Gasteiger partial charge in [-0.05, 0) is 45.9 Å². The second-order valence-corrected chi connectivity index (χ2v) is 6.48. The minimum atomic E-state index is -0.550. The highest BCUT2D eigenvalue weighted by molar-refractivity contribution is 5.91. The molecule has 0 amide bonds. The van der Waals surface area contributed by atoms with Crippen molar-refractivity contribution in [3.63, 3.8) is 0 Å². The number of ether oxygens (including phenoxy) is 1. The molecular formula is C17H21N5O4. The van der Waals surface area contributed by atoms with E-state index in [1.54, 1.807) is 31.2 Å². The zero-order valence-corrected chi connectivity index (χ0v) is 15.1. The molecule has 0 aliphatic heterocycles. The number of nitro groups is 1. The molecule has 1 aromatic heterocycles. The molecule has 0 unspecified atom stereocenters. The molecule has 0 atom stereocenters. The standard InChI is InChI=1S/C17H21N5O4/c1-5-26-16(23)11-7-6-8-12(9-11)20-14-13(22(24)25)15(19-10-18-14)21-17(2,3)4/h6-10H,5H2,1-4H3,(H2,18,19,20,21). The lowest BCUT2D eigenvalue weighted by Gasteiger charge is -2.21. The number of hydrogen-bond acceptors (Lipinski definition) is 8. The molecule has 0 aliphatic rings. The molecule has 9 heteroatoms. The van der Waals surface area contributed by atoms with E-state index in [-0.39, 0.29) is 23.9 Å². The summed E-state index contributed by atoms with van der Waals surface area (Å²) in [5.41, 5.74) is 0.116. The maximum Gasteiger partial charge on any atom is 0.353 e. The largest absolute Gasteiger partial charge is 0.462 e. The highest BCUT2D eigenvalue weighted by Crippen LogP contribution is 2.32. The number of hydrogen-bond donors (Lipinski definition) is 2. The third-order valence-electron chi connectivity index (χ3n) is 3.13. The van der Waals surface area contributed by atoms with Crippen molar-refractivity contribution in [2.24, 2.45) is 0 Å². The van der Waals surface area contributed by atoms with Gasteiger partial charge in [0.05, 0.1) is 17.1 Å². The molecule has 0 radical (unpaired) electrons. The molecule has 0 spiro atoms. The Hall–Kier alpha value is -3.23. The van der Waals surface area contributed by atoms with Crippen LogP contribution in [0.1, 0.15) is 38.1 Å². The second kappa shape index (κ2) is 7.77. The first-order valence-corrected chi connectivity index (χ1v) is 8.03. The summed E-state index contributed by atoms with van der Waals surface area (Å²) in [7, 11) is 0. The number of nitrogens with one attached hydrogen (secondary N) is 2. The lowest BCUT2D eigenvalue weighted by Crippen LogP contribution is -2.27. The van der Waals surface area contributed by atoms with E-state index < -0.39 is 16.4 Å². The van der Waals surface area contributed by atoms with Crippen LogP contribution in [0.5, 0.6) is 0 Å². The number of aromatic nitrogens is 2. The van der Waals surface area contributed by atoms with Crippen molar-refractivity contribution >= 4 is 29.0 Å². The highest BCUT2D eigenvalue weighted by atomic mass is 16.6. The molecule has 0 saturated heterocycles.